The van der Waals surface area contributed by atoms with E-state index in [-0.39, 0.29) is 11.3 Å². The van der Waals surface area contributed by atoms with Crippen LogP contribution in [0.2, 0.25) is 0 Å². The zero-order valence-corrected chi connectivity index (χ0v) is 10.1. The maximum absolute atomic E-state index is 12.2. The Bertz CT molecular complexity index is 460. The van der Waals surface area contributed by atoms with Crippen LogP contribution in [0.4, 0.5) is 0 Å². The van der Waals surface area contributed by atoms with E-state index in [1.54, 1.807) is 0 Å². The molecule has 2 aliphatic carbocycles. The fourth-order valence-corrected chi connectivity index (χ4v) is 3.77. The van der Waals surface area contributed by atoms with Crippen LogP contribution in [0.5, 0.6) is 0 Å². The molecule has 17 heavy (non-hydrogen) atoms. The molecule has 0 heterocycles. The molecule has 0 aliphatic heterocycles. The van der Waals surface area contributed by atoms with Gasteiger partial charge in [-0.2, -0.15) is 0 Å². The van der Waals surface area contributed by atoms with Crippen molar-refractivity contribution in [3.8, 4) is 0 Å². The molecule has 2 atom stereocenters. The maximum atomic E-state index is 12.2. The van der Waals surface area contributed by atoms with Crippen LogP contribution in [0, 0.1) is 5.92 Å². The normalized spacial score (nSPS) is 32.6. The molecule has 0 bridgehead atoms. The molecule has 88 valence electrons. The SMILES string of the molecule is C=C1C[C@]2(c3ccccc3)CCCC[C@@H]2C1=O. The molecule has 0 spiro atoms. The highest BCUT2D eigenvalue weighted by Crippen LogP contribution is 2.53. The lowest BCUT2D eigenvalue weighted by Gasteiger charge is -2.38. The van der Waals surface area contributed by atoms with Crippen LogP contribution in [-0.2, 0) is 10.2 Å². The van der Waals surface area contributed by atoms with Crippen molar-refractivity contribution in [1.82, 2.24) is 0 Å². The first kappa shape index (κ1) is 10.8. The van der Waals surface area contributed by atoms with E-state index in [0.29, 0.717) is 5.78 Å². The monoisotopic (exact) mass is 226 g/mol. The molecule has 1 aromatic carbocycles. The summed E-state index contributed by atoms with van der Waals surface area (Å²) in [6.45, 7) is 3.98. The van der Waals surface area contributed by atoms with Gasteiger partial charge in [0.15, 0.2) is 5.78 Å². The van der Waals surface area contributed by atoms with Crippen molar-refractivity contribution in [3.05, 3.63) is 48.0 Å². The molecular formula is C16H18O. The van der Waals surface area contributed by atoms with Gasteiger partial charge in [0.05, 0.1) is 0 Å². The number of benzene rings is 1. The Labute approximate surface area is 103 Å². The summed E-state index contributed by atoms with van der Waals surface area (Å²) >= 11 is 0. The lowest BCUT2D eigenvalue weighted by atomic mass is 9.64. The number of allylic oxidation sites excluding steroid dienone is 1. The lowest BCUT2D eigenvalue weighted by molar-refractivity contribution is -0.119. The Morgan fingerprint density at radius 2 is 1.94 bits per heavy atom. The van der Waals surface area contributed by atoms with Gasteiger partial charge in [0, 0.05) is 11.3 Å². The van der Waals surface area contributed by atoms with Gasteiger partial charge < -0.3 is 0 Å². The molecule has 0 N–H and O–H groups in total. The zero-order valence-electron chi connectivity index (χ0n) is 10.1. The molecule has 0 unspecified atom stereocenters. The summed E-state index contributed by atoms with van der Waals surface area (Å²) in [4.78, 5) is 12.2. The first-order valence-corrected chi connectivity index (χ1v) is 6.51. The molecule has 2 fully saturated rings. The number of hydrogen-bond acceptors (Lipinski definition) is 1. The average molecular weight is 226 g/mol. The largest absolute Gasteiger partial charge is 0.294 e. The fraction of sp³-hybridized carbons (Fsp3) is 0.438. The first-order chi connectivity index (χ1) is 8.24. The topological polar surface area (TPSA) is 17.1 Å². The Morgan fingerprint density at radius 3 is 2.71 bits per heavy atom. The highest BCUT2D eigenvalue weighted by Gasteiger charge is 2.51. The highest BCUT2D eigenvalue weighted by atomic mass is 16.1. The maximum Gasteiger partial charge on any atom is 0.162 e. The van der Waals surface area contributed by atoms with Gasteiger partial charge >= 0.3 is 0 Å². The quantitative estimate of drug-likeness (QED) is 0.668. The van der Waals surface area contributed by atoms with Crippen LogP contribution < -0.4 is 0 Å². The second kappa shape index (κ2) is 3.83. The van der Waals surface area contributed by atoms with Gasteiger partial charge in [0.1, 0.15) is 0 Å². The van der Waals surface area contributed by atoms with Gasteiger partial charge in [-0.25, -0.2) is 0 Å². The Morgan fingerprint density at radius 1 is 1.18 bits per heavy atom. The summed E-state index contributed by atoms with van der Waals surface area (Å²) in [5, 5.41) is 0. The van der Waals surface area contributed by atoms with E-state index in [4.69, 9.17) is 0 Å². The fourth-order valence-electron chi connectivity index (χ4n) is 3.77. The first-order valence-electron chi connectivity index (χ1n) is 6.51. The molecule has 2 saturated carbocycles. The van der Waals surface area contributed by atoms with Crippen LogP contribution in [0.3, 0.4) is 0 Å². The molecule has 2 aliphatic rings. The van der Waals surface area contributed by atoms with Gasteiger partial charge in [-0.05, 0) is 30.4 Å². The average Bonchev–Trinajstić information content (AvgIpc) is 2.64. The number of rotatable bonds is 1. The van der Waals surface area contributed by atoms with Crippen molar-refractivity contribution in [1.29, 1.82) is 0 Å². The van der Waals surface area contributed by atoms with Gasteiger partial charge in [0.2, 0.25) is 0 Å². The minimum absolute atomic E-state index is 0.0771. The van der Waals surface area contributed by atoms with Crippen LogP contribution in [0.1, 0.15) is 37.7 Å². The molecule has 1 nitrogen and oxygen atoms in total. The van der Waals surface area contributed by atoms with Gasteiger partial charge in [-0.1, -0.05) is 49.8 Å². The van der Waals surface area contributed by atoms with E-state index >= 15 is 0 Å². The van der Waals surface area contributed by atoms with Gasteiger partial charge in [-0.15, -0.1) is 0 Å². The van der Waals surface area contributed by atoms with Crippen LogP contribution >= 0.6 is 0 Å². The third kappa shape index (κ3) is 1.49. The predicted octanol–water partition coefficient (Wildman–Crippen LogP) is 3.64. The summed E-state index contributed by atoms with van der Waals surface area (Å²) in [6.07, 6.45) is 5.50. The molecule has 3 rings (SSSR count). The van der Waals surface area contributed by atoms with Crippen molar-refractivity contribution >= 4 is 5.78 Å². The Hall–Kier alpha value is -1.37. The van der Waals surface area contributed by atoms with E-state index in [9.17, 15) is 4.79 Å². The molecule has 1 heteroatoms. The number of ketones is 1. The second-order valence-electron chi connectivity index (χ2n) is 5.47. The van der Waals surface area contributed by atoms with Gasteiger partial charge in [-0.3, -0.25) is 4.79 Å². The van der Waals surface area contributed by atoms with Crippen molar-refractivity contribution in [2.24, 2.45) is 5.92 Å². The molecule has 1 aromatic rings. The standard InChI is InChI=1S/C16H18O/c1-12-11-16(13-7-3-2-4-8-13)10-6-5-9-14(16)15(12)17/h2-4,7-8,14H,1,5-6,9-11H2/t14-,16+/m1/s1. The van der Waals surface area contributed by atoms with Crippen molar-refractivity contribution in [2.75, 3.05) is 0 Å². The number of Topliss-reactive ketones (excluding diaryl/α,β-unsaturated/α-hetero) is 1. The number of hydrogen-bond donors (Lipinski definition) is 0. The second-order valence-corrected chi connectivity index (χ2v) is 5.47. The lowest BCUT2D eigenvalue weighted by Crippen LogP contribution is -2.36. The molecule has 0 amide bonds. The smallest absolute Gasteiger partial charge is 0.162 e. The molecular weight excluding hydrogens is 208 g/mol. The highest BCUT2D eigenvalue weighted by molar-refractivity contribution is 6.01. The third-order valence-corrected chi connectivity index (χ3v) is 4.58. The van der Waals surface area contributed by atoms with E-state index in [2.05, 4.69) is 30.8 Å². The summed E-state index contributed by atoms with van der Waals surface area (Å²) in [5.74, 6) is 0.528. The third-order valence-electron chi connectivity index (χ3n) is 4.58. The summed E-state index contributed by atoms with van der Waals surface area (Å²) in [5.41, 5.74) is 2.27. The summed E-state index contributed by atoms with van der Waals surface area (Å²) in [6, 6.07) is 10.6. The molecule has 0 radical (unpaired) electrons. The van der Waals surface area contributed by atoms with Crippen molar-refractivity contribution in [3.63, 3.8) is 0 Å². The number of carbonyl (C=O) groups is 1. The van der Waals surface area contributed by atoms with E-state index in [1.165, 1.54) is 18.4 Å². The van der Waals surface area contributed by atoms with E-state index in [1.807, 2.05) is 6.07 Å². The Kier molecular flexibility index (Phi) is 2.43. The summed E-state index contributed by atoms with van der Waals surface area (Å²) < 4.78 is 0. The zero-order chi connectivity index (χ0) is 11.9. The molecule has 0 aromatic heterocycles. The number of fused-ring (bicyclic) bond motifs is 1. The number of carbonyl (C=O) groups excluding carboxylic acids is 1. The summed E-state index contributed by atoms with van der Waals surface area (Å²) in [7, 11) is 0. The predicted molar refractivity (Wildman–Crippen MR) is 68.8 cm³/mol. The van der Waals surface area contributed by atoms with Crippen LogP contribution in [-0.4, -0.2) is 5.78 Å². The van der Waals surface area contributed by atoms with Crippen LogP contribution in [0.15, 0.2) is 42.5 Å². The minimum Gasteiger partial charge on any atom is -0.294 e. The van der Waals surface area contributed by atoms with Crippen molar-refractivity contribution < 1.29 is 4.79 Å². The minimum atomic E-state index is 0.0771. The van der Waals surface area contributed by atoms with Crippen molar-refractivity contribution in [2.45, 2.75) is 37.5 Å². The van der Waals surface area contributed by atoms with Crippen LogP contribution in [0.25, 0.3) is 0 Å². The Balaban J connectivity index is 2.09. The van der Waals surface area contributed by atoms with E-state index in [0.717, 1.165) is 24.8 Å². The van der Waals surface area contributed by atoms with Gasteiger partial charge in [0.25, 0.3) is 0 Å². The van der Waals surface area contributed by atoms with E-state index < -0.39 is 0 Å². The molecule has 0 saturated heterocycles.